The van der Waals surface area contributed by atoms with Gasteiger partial charge in [0.05, 0.1) is 12.8 Å². The van der Waals surface area contributed by atoms with Gasteiger partial charge in [-0.05, 0) is 30.5 Å². The molecule has 3 rings (SSSR count). The van der Waals surface area contributed by atoms with E-state index in [4.69, 9.17) is 4.42 Å². The topological polar surface area (TPSA) is 74.1 Å². The average molecular weight is 397 g/mol. The van der Waals surface area contributed by atoms with Gasteiger partial charge >= 0.3 is 0 Å². The summed E-state index contributed by atoms with van der Waals surface area (Å²) >= 11 is 0. The van der Waals surface area contributed by atoms with Crippen molar-refractivity contribution in [1.82, 2.24) is 14.7 Å². The van der Waals surface area contributed by atoms with E-state index in [1.807, 2.05) is 18.2 Å². The summed E-state index contributed by atoms with van der Waals surface area (Å²) in [6.07, 6.45) is 3.15. The maximum atomic E-state index is 12.7. The van der Waals surface area contributed by atoms with Crippen LogP contribution in [0.3, 0.4) is 0 Å². The minimum atomic E-state index is -0.159. The van der Waals surface area contributed by atoms with Crippen LogP contribution in [0.1, 0.15) is 29.5 Å². The molecule has 0 unspecified atom stereocenters. The lowest BCUT2D eigenvalue weighted by Gasteiger charge is -2.35. The van der Waals surface area contributed by atoms with E-state index in [1.54, 1.807) is 26.8 Å². The molecule has 7 heteroatoms. The number of piperazine rings is 1. The van der Waals surface area contributed by atoms with Gasteiger partial charge in [0, 0.05) is 39.6 Å². The van der Waals surface area contributed by atoms with Crippen LogP contribution in [0.15, 0.2) is 53.1 Å². The Morgan fingerprint density at radius 1 is 0.966 bits per heavy atom. The molecule has 1 aliphatic heterocycles. The zero-order valence-electron chi connectivity index (χ0n) is 16.8. The number of furan rings is 1. The zero-order valence-corrected chi connectivity index (χ0v) is 16.8. The number of hydrogen-bond acceptors (Lipinski definition) is 4. The molecule has 0 spiro atoms. The Hall–Kier alpha value is -3.09. The molecule has 3 amide bonds. The number of rotatable bonds is 7. The minimum absolute atomic E-state index is 0.0787. The molecule has 1 aromatic carbocycles. The first-order valence-corrected chi connectivity index (χ1v) is 9.94. The average Bonchev–Trinajstić information content (AvgIpc) is 3.28. The summed E-state index contributed by atoms with van der Waals surface area (Å²) in [5.41, 5.74) is 1.22. The van der Waals surface area contributed by atoms with Crippen LogP contribution >= 0.6 is 0 Å². The van der Waals surface area contributed by atoms with Crippen LogP contribution in [0.25, 0.3) is 0 Å². The van der Waals surface area contributed by atoms with Crippen molar-refractivity contribution in [1.29, 1.82) is 0 Å². The minimum Gasteiger partial charge on any atom is -0.459 e. The van der Waals surface area contributed by atoms with E-state index in [2.05, 4.69) is 12.1 Å². The predicted octanol–water partition coefficient (Wildman–Crippen LogP) is 2.05. The van der Waals surface area contributed by atoms with E-state index in [9.17, 15) is 14.4 Å². The normalized spacial score (nSPS) is 14.0. The molecule has 2 heterocycles. The summed E-state index contributed by atoms with van der Waals surface area (Å²) < 4.78 is 5.16. The fraction of sp³-hybridized carbons (Fsp3) is 0.409. The SMILES string of the molecule is CC(=O)N(CCCc1ccccc1)CC(=O)N1CCN(C(=O)c2ccco2)CC1. The van der Waals surface area contributed by atoms with Crippen molar-refractivity contribution in [3.63, 3.8) is 0 Å². The Bertz CT molecular complexity index is 812. The van der Waals surface area contributed by atoms with Crippen molar-refractivity contribution in [3.8, 4) is 0 Å². The second kappa shape index (κ2) is 9.91. The van der Waals surface area contributed by atoms with Gasteiger partial charge in [0.2, 0.25) is 11.8 Å². The van der Waals surface area contributed by atoms with Gasteiger partial charge in [-0.1, -0.05) is 30.3 Å². The van der Waals surface area contributed by atoms with Crippen LogP contribution in [0, 0.1) is 0 Å². The number of aryl methyl sites for hydroxylation is 1. The highest BCUT2D eigenvalue weighted by Gasteiger charge is 2.27. The Balaban J connectivity index is 1.45. The first-order chi connectivity index (χ1) is 14.0. The second-order valence-corrected chi connectivity index (χ2v) is 7.18. The number of carbonyl (C=O) groups excluding carboxylic acids is 3. The molecule has 0 aliphatic carbocycles. The van der Waals surface area contributed by atoms with Crippen molar-refractivity contribution in [2.45, 2.75) is 19.8 Å². The molecule has 154 valence electrons. The second-order valence-electron chi connectivity index (χ2n) is 7.18. The van der Waals surface area contributed by atoms with Crippen LogP contribution in [-0.2, 0) is 16.0 Å². The van der Waals surface area contributed by atoms with Crippen molar-refractivity contribution in [2.24, 2.45) is 0 Å². The van der Waals surface area contributed by atoms with Crippen LogP contribution < -0.4 is 0 Å². The monoisotopic (exact) mass is 397 g/mol. The lowest BCUT2D eigenvalue weighted by atomic mass is 10.1. The zero-order chi connectivity index (χ0) is 20.6. The number of nitrogens with zero attached hydrogens (tertiary/aromatic N) is 3. The molecule has 0 radical (unpaired) electrons. The lowest BCUT2D eigenvalue weighted by molar-refractivity contribution is -0.140. The maximum absolute atomic E-state index is 12.7. The van der Waals surface area contributed by atoms with Crippen LogP contribution in [-0.4, -0.2) is 71.7 Å². The summed E-state index contributed by atoms with van der Waals surface area (Å²) in [7, 11) is 0. The van der Waals surface area contributed by atoms with Gasteiger partial charge in [-0.3, -0.25) is 14.4 Å². The highest BCUT2D eigenvalue weighted by Crippen LogP contribution is 2.10. The van der Waals surface area contributed by atoms with Gasteiger partial charge in [-0.2, -0.15) is 0 Å². The summed E-state index contributed by atoms with van der Waals surface area (Å²) in [6, 6.07) is 13.4. The van der Waals surface area contributed by atoms with Crippen molar-refractivity contribution in [2.75, 3.05) is 39.3 Å². The largest absolute Gasteiger partial charge is 0.459 e. The fourth-order valence-electron chi connectivity index (χ4n) is 3.44. The van der Waals surface area contributed by atoms with Crippen LogP contribution in [0.5, 0.6) is 0 Å². The highest BCUT2D eigenvalue weighted by atomic mass is 16.3. The third kappa shape index (κ3) is 5.70. The summed E-state index contributed by atoms with van der Waals surface area (Å²) in [6.45, 7) is 3.96. The molecule has 0 bridgehead atoms. The van der Waals surface area contributed by atoms with E-state index < -0.39 is 0 Å². The molecule has 0 N–H and O–H groups in total. The van der Waals surface area contributed by atoms with Gasteiger partial charge in [-0.25, -0.2) is 0 Å². The summed E-state index contributed by atoms with van der Waals surface area (Å²) in [5.74, 6) is -0.0256. The molecular weight excluding hydrogens is 370 g/mol. The predicted molar refractivity (Wildman–Crippen MR) is 108 cm³/mol. The number of amides is 3. The molecule has 0 atom stereocenters. The number of benzene rings is 1. The first kappa shape index (κ1) is 20.6. The molecule has 0 saturated carbocycles. The van der Waals surface area contributed by atoms with Gasteiger partial charge in [0.1, 0.15) is 0 Å². The first-order valence-electron chi connectivity index (χ1n) is 9.94. The number of hydrogen-bond donors (Lipinski definition) is 0. The molecule has 29 heavy (non-hydrogen) atoms. The van der Waals surface area contributed by atoms with E-state index in [-0.39, 0.29) is 24.3 Å². The van der Waals surface area contributed by atoms with Gasteiger partial charge in [0.25, 0.3) is 5.91 Å². The molecule has 1 saturated heterocycles. The molecule has 1 aromatic heterocycles. The van der Waals surface area contributed by atoms with Gasteiger partial charge < -0.3 is 19.1 Å². The third-order valence-corrected chi connectivity index (χ3v) is 5.16. The summed E-state index contributed by atoms with van der Waals surface area (Å²) in [4.78, 5) is 42.0. The van der Waals surface area contributed by atoms with Crippen molar-refractivity contribution < 1.29 is 18.8 Å². The van der Waals surface area contributed by atoms with E-state index in [0.717, 1.165) is 12.8 Å². The molecular formula is C22H27N3O4. The lowest BCUT2D eigenvalue weighted by Crippen LogP contribution is -2.53. The molecule has 1 fully saturated rings. The number of carbonyl (C=O) groups is 3. The molecule has 7 nitrogen and oxygen atoms in total. The van der Waals surface area contributed by atoms with Crippen molar-refractivity contribution in [3.05, 3.63) is 60.1 Å². The Kier molecular flexibility index (Phi) is 7.05. The smallest absolute Gasteiger partial charge is 0.289 e. The molecule has 2 aromatic rings. The Labute approximate surface area is 170 Å². The van der Waals surface area contributed by atoms with Gasteiger partial charge in [-0.15, -0.1) is 0 Å². The van der Waals surface area contributed by atoms with Crippen molar-refractivity contribution >= 4 is 17.7 Å². The van der Waals surface area contributed by atoms with E-state index in [0.29, 0.717) is 38.5 Å². The standard InChI is InChI=1S/C22H27N3O4/c1-18(26)25(11-5-9-19-7-3-2-4-8-19)17-21(27)23-12-14-24(15-13-23)22(28)20-10-6-16-29-20/h2-4,6-8,10,16H,5,9,11-15,17H2,1H3. The van der Waals surface area contributed by atoms with E-state index in [1.165, 1.54) is 18.8 Å². The maximum Gasteiger partial charge on any atom is 0.289 e. The quantitative estimate of drug-likeness (QED) is 0.717. The fourth-order valence-corrected chi connectivity index (χ4v) is 3.44. The third-order valence-electron chi connectivity index (χ3n) is 5.16. The van der Waals surface area contributed by atoms with Crippen LogP contribution in [0.4, 0.5) is 0 Å². The molecule has 1 aliphatic rings. The Morgan fingerprint density at radius 3 is 2.28 bits per heavy atom. The summed E-state index contributed by atoms with van der Waals surface area (Å²) in [5, 5.41) is 0. The van der Waals surface area contributed by atoms with E-state index >= 15 is 0 Å². The Morgan fingerprint density at radius 2 is 1.66 bits per heavy atom. The van der Waals surface area contributed by atoms with Crippen LogP contribution in [0.2, 0.25) is 0 Å². The highest BCUT2D eigenvalue weighted by molar-refractivity contribution is 5.91. The van der Waals surface area contributed by atoms with Gasteiger partial charge in [0.15, 0.2) is 5.76 Å².